The Morgan fingerprint density at radius 1 is 1.50 bits per heavy atom. The molecule has 3 nitrogen and oxygen atoms in total. The van der Waals surface area contributed by atoms with Gasteiger partial charge in [-0.25, -0.2) is 4.98 Å². The second-order valence-electron chi connectivity index (χ2n) is 3.39. The first-order valence-electron chi connectivity index (χ1n) is 4.84. The predicted octanol–water partition coefficient (Wildman–Crippen LogP) is 2.68. The minimum absolute atomic E-state index is 0.507. The van der Waals surface area contributed by atoms with Crippen molar-refractivity contribution in [2.75, 3.05) is 0 Å². The molecule has 2 N–H and O–H groups in total. The van der Waals surface area contributed by atoms with Crippen LogP contribution in [0.5, 0.6) is 0 Å². The van der Waals surface area contributed by atoms with Crippen LogP contribution in [0.3, 0.4) is 0 Å². The summed E-state index contributed by atoms with van der Waals surface area (Å²) in [6.07, 6.45) is 3.68. The number of rotatable bonds is 3. The topological polar surface area (TPSA) is 43.8 Å². The van der Waals surface area contributed by atoms with Gasteiger partial charge >= 0.3 is 0 Å². The summed E-state index contributed by atoms with van der Waals surface area (Å²) < 4.78 is 1.96. The van der Waals surface area contributed by atoms with Crippen LogP contribution in [0.15, 0.2) is 40.6 Å². The summed E-state index contributed by atoms with van der Waals surface area (Å²) >= 11 is 7.71. The number of hydrogen-bond acceptors (Lipinski definition) is 3. The van der Waals surface area contributed by atoms with E-state index in [0.717, 1.165) is 20.6 Å². The Balaban J connectivity index is 2.25. The van der Waals surface area contributed by atoms with Crippen molar-refractivity contribution in [1.29, 1.82) is 0 Å². The normalized spacial score (nSPS) is 10.7. The van der Waals surface area contributed by atoms with Crippen LogP contribution >= 0.6 is 23.4 Å². The highest BCUT2D eigenvalue weighted by molar-refractivity contribution is 7.99. The molecule has 84 valence electrons. The molecule has 0 aliphatic rings. The fourth-order valence-corrected chi connectivity index (χ4v) is 2.43. The van der Waals surface area contributed by atoms with Crippen molar-refractivity contribution >= 4 is 23.4 Å². The highest BCUT2D eigenvalue weighted by Gasteiger charge is 2.06. The van der Waals surface area contributed by atoms with Crippen molar-refractivity contribution in [1.82, 2.24) is 9.55 Å². The molecule has 0 unspecified atom stereocenters. The van der Waals surface area contributed by atoms with Gasteiger partial charge in [0.1, 0.15) is 0 Å². The predicted molar refractivity (Wildman–Crippen MR) is 66.7 cm³/mol. The molecule has 0 spiro atoms. The Bertz CT molecular complexity index is 496. The van der Waals surface area contributed by atoms with E-state index in [1.54, 1.807) is 18.0 Å². The van der Waals surface area contributed by atoms with E-state index in [9.17, 15) is 0 Å². The summed E-state index contributed by atoms with van der Waals surface area (Å²) in [7, 11) is 1.96. The van der Waals surface area contributed by atoms with E-state index >= 15 is 0 Å². The first kappa shape index (κ1) is 11.5. The van der Waals surface area contributed by atoms with Gasteiger partial charge in [0.15, 0.2) is 5.16 Å². The highest BCUT2D eigenvalue weighted by atomic mass is 35.5. The van der Waals surface area contributed by atoms with Gasteiger partial charge in [-0.1, -0.05) is 29.4 Å². The maximum atomic E-state index is 6.16. The monoisotopic (exact) mass is 253 g/mol. The van der Waals surface area contributed by atoms with Gasteiger partial charge in [0.05, 0.1) is 5.02 Å². The van der Waals surface area contributed by atoms with E-state index in [1.807, 2.05) is 36.0 Å². The number of halogens is 1. The Morgan fingerprint density at radius 2 is 2.31 bits per heavy atom. The number of hydrogen-bond donors (Lipinski definition) is 1. The summed E-state index contributed by atoms with van der Waals surface area (Å²) in [4.78, 5) is 5.23. The van der Waals surface area contributed by atoms with Gasteiger partial charge in [-0.2, -0.15) is 0 Å². The Kier molecular flexibility index (Phi) is 3.53. The van der Waals surface area contributed by atoms with E-state index in [-0.39, 0.29) is 0 Å². The average Bonchev–Trinajstić information content (AvgIpc) is 2.67. The third-order valence-electron chi connectivity index (χ3n) is 2.21. The summed E-state index contributed by atoms with van der Waals surface area (Å²) in [5.41, 5.74) is 6.58. The van der Waals surface area contributed by atoms with E-state index in [2.05, 4.69) is 4.98 Å². The van der Waals surface area contributed by atoms with Crippen LogP contribution in [0.25, 0.3) is 0 Å². The standard InChI is InChI=1S/C11H12ClN3S/c1-15-5-4-14-11(15)16-10-3-2-8(7-13)6-9(10)12/h2-6H,7,13H2,1H3. The fraction of sp³-hybridized carbons (Fsp3) is 0.182. The van der Waals surface area contributed by atoms with Crippen LogP contribution in [0.1, 0.15) is 5.56 Å². The molecule has 0 radical (unpaired) electrons. The lowest BCUT2D eigenvalue weighted by Crippen LogP contribution is -1.96. The molecule has 0 saturated carbocycles. The molecule has 0 bridgehead atoms. The zero-order valence-corrected chi connectivity index (χ0v) is 10.4. The van der Waals surface area contributed by atoms with E-state index in [4.69, 9.17) is 17.3 Å². The summed E-state index contributed by atoms with van der Waals surface area (Å²) in [6, 6.07) is 5.86. The van der Waals surface area contributed by atoms with E-state index in [0.29, 0.717) is 6.54 Å². The van der Waals surface area contributed by atoms with Gasteiger partial charge in [0, 0.05) is 30.9 Å². The molecular weight excluding hydrogens is 242 g/mol. The molecule has 1 aromatic carbocycles. The van der Waals surface area contributed by atoms with Crippen LogP contribution in [-0.4, -0.2) is 9.55 Å². The number of aromatic nitrogens is 2. The van der Waals surface area contributed by atoms with Crippen LogP contribution in [0, 0.1) is 0 Å². The molecule has 0 fully saturated rings. The number of nitrogens with zero attached hydrogens (tertiary/aromatic N) is 2. The lowest BCUT2D eigenvalue weighted by Gasteiger charge is -2.05. The zero-order chi connectivity index (χ0) is 11.5. The fourth-order valence-electron chi connectivity index (χ4n) is 1.30. The van der Waals surface area contributed by atoms with Crippen molar-refractivity contribution in [2.45, 2.75) is 16.6 Å². The van der Waals surface area contributed by atoms with Crippen molar-refractivity contribution in [2.24, 2.45) is 12.8 Å². The average molecular weight is 254 g/mol. The van der Waals surface area contributed by atoms with Gasteiger partial charge in [0.25, 0.3) is 0 Å². The van der Waals surface area contributed by atoms with Gasteiger partial charge < -0.3 is 10.3 Å². The van der Waals surface area contributed by atoms with Crippen molar-refractivity contribution < 1.29 is 0 Å². The van der Waals surface area contributed by atoms with Crippen LogP contribution in [0.4, 0.5) is 0 Å². The molecule has 2 aromatic rings. The molecule has 5 heteroatoms. The van der Waals surface area contributed by atoms with Gasteiger partial charge in [-0.05, 0) is 17.7 Å². The minimum atomic E-state index is 0.507. The molecule has 0 saturated heterocycles. The van der Waals surface area contributed by atoms with E-state index in [1.165, 1.54) is 0 Å². The van der Waals surface area contributed by atoms with Gasteiger partial charge in [-0.3, -0.25) is 0 Å². The smallest absolute Gasteiger partial charge is 0.172 e. The SMILES string of the molecule is Cn1ccnc1Sc1ccc(CN)cc1Cl. The maximum Gasteiger partial charge on any atom is 0.172 e. The number of aryl methyl sites for hydroxylation is 1. The van der Waals surface area contributed by atoms with Crippen molar-refractivity contribution in [3.63, 3.8) is 0 Å². The quantitative estimate of drug-likeness (QED) is 0.915. The third-order valence-corrected chi connectivity index (χ3v) is 3.79. The molecular formula is C11H12ClN3S. The lowest BCUT2D eigenvalue weighted by atomic mass is 10.2. The van der Waals surface area contributed by atoms with Crippen LogP contribution < -0.4 is 5.73 Å². The third kappa shape index (κ3) is 2.40. The van der Waals surface area contributed by atoms with Gasteiger partial charge in [0.2, 0.25) is 0 Å². The Morgan fingerprint density at radius 3 is 2.88 bits per heavy atom. The molecule has 2 rings (SSSR count). The Labute approximate surface area is 104 Å². The summed E-state index contributed by atoms with van der Waals surface area (Å²) in [5, 5.41) is 1.64. The van der Waals surface area contributed by atoms with Crippen molar-refractivity contribution in [3.05, 3.63) is 41.2 Å². The van der Waals surface area contributed by atoms with Crippen LogP contribution in [-0.2, 0) is 13.6 Å². The van der Waals surface area contributed by atoms with Gasteiger partial charge in [-0.15, -0.1) is 0 Å². The second kappa shape index (κ2) is 4.91. The molecule has 0 atom stereocenters. The summed E-state index contributed by atoms with van der Waals surface area (Å²) in [5.74, 6) is 0. The first-order chi connectivity index (χ1) is 7.70. The molecule has 0 aliphatic carbocycles. The zero-order valence-electron chi connectivity index (χ0n) is 8.85. The van der Waals surface area contributed by atoms with Crippen molar-refractivity contribution in [3.8, 4) is 0 Å². The summed E-state index contributed by atoms with van der Waals surface area (Å²) in [6.45, 7) is 0.507. The Hall–Kier alpha value is -0.970. The number of imidazole rings is 1. The number of nitrogens with two attached hydrogens (primary N) is 1. The van der Waals surface area contributed by atoms with Crippen LogP contribution in [0.2, 0.25) is 5.02 Å². The maximum absolute atomic E-state index is 6.16. The lowest BCUT2D eigenvalue weighted by molar-refractivity contribution is 0.790. The molecule has 1 aromatic heterocycles. The number of benzene rings is 1. The highest BCUT2D eigenvalue weighted by Crippen LogP contribution is 2.32. The largest absolute Gasteiger partial charge is 0.329 e. The molecule has 16 heavy (non-hydrogen) atoms. The molecule has 0 amide bonds. The minimum Gasteiger partial charge on any atom is -0.329 e. The molecule has 1 heterocycles. The molecule has 0 aliphatic heterocycles. The first-order valence-corrected chi connectivity index (χ1v) is 6.04. The van der Waals surface area contributed by atoms with E-state index < -0.39 is 0 Å². The second-order valence-corrected chi connectivity index (χ2v) is 4.81.